The van der Waals surface area contributed by atoms with Crippen LogP contribution in [0, 0.1) is 13.8 Å². The summed E-state index contributed by atoms with van der Waals surface area (Å²) in [5, 5.41) is 0. The fraction of sp³-hybridized carbons (Fsp3) is 0.250. The fourth-order valence-corrected chi connectivity index (χ4v) is 3.76. The molecule has 2 heteroatoms. The Morgan fingerprint density at radius 2 is 1.92 bits per heavy atom. The van der Waals surface area contributed by atoms with E-state index in [1.54, 1.807) is 7.11 Å². The van der Waals surface area contributed by atoms with Crippen LogP contribution in [0.1, 0.15) is 40.7 Å². The number of allylic oxidation sites excluding steroid dienone is 1. The first-order valence-electron chi connectivity index (χ1n) is 9.18. The molecule has 2 nitrogen and oxygen atoms in total. The van der Waals surface area contributed by atoms with Gasteiger partial charge < -0.3 is 9.15 Å². The molecule has 2 aromatic carbocycles. The summed E-state index contributed by atoms with van der Waals surface area (Å²) >= 11 is 0. The van der Waals surface area contributed by atoms with Gasteiger partial charge in [-0.3, -0.25) is 0 Å². The smallest absolute Gasteiger partial charge is 0.130 e. The predicted octanol–water partition coefficient (Wildman–Crippen LogP) is 6.23. The summed E-state index contributed by atoms with van der Waals surface area (Å²) in [5.74, 6) is 2.88. The molecule has 1 heterocycles. The van der Waals surface area contributed by atoms with Crippen molar-refractivity contribution >= 4 is 11.6 Å². The van der Waals surface area contributed by atoms with Gasteiger partial charge in [0, 0.05) is 6.42 Å². The molecule has 26 heavy (non-hydrogen) atoms. The first-order chi connectivity index (χ1) is 12.6. The maximum Gasteiger partial charge on any atom is 0.130 e. The minimum absolute atomic E-state index is 0.890. The molecule has 0 bridgehead atoms. The molecule has 0 amide bonds. The number of ether oxygens (including phenoxy) is 1. The van der Waals surface area contributed by atoms with Crippen LogP contribution >= 0.6 is 0 Å². The van der Waals surface area contributed by atoms with Gasteiger partial charge in [0.25, 0.3) is 0 Å². The molecule has 0 spiro atoms. The number of methoxy groups -OCH3 is 1. The Kier molecular flexibility index (Phi) is 4.20. The zero-order valence-electron chi connectivity index (χ0n) is 15.8. The highest BCUT2D eigenvalue weighted by Gasteiger charge is 2.22. The van der Waals surface area contributed by atoms with Crippen molar-refractivity contribution < 1.29 is 9.15 Å². The molecule has 0 atom stereocenters. The molecule has 0 saturated carbocycles. The molecule has 1 aliphatic carbocycles. The van der Waals surface area contributed by atoms with Crippen LogP contribution in [-0.2, 0) is 12.8 Å². The van der Waals surface area contributed by atoms with E-state index in [-0.39, 0.29) is 0 Å². The minimum Gasteiger partial charge on any atom is -0.497 e. The lowest BCUT2D eigenvalue weighted by Crippen LogP contribution is -1.95. The molecular formula is C24H24O2. The van der Waals surface area contributed by atoms with Gasteiger partial charge in [-0.15, -0.1) is 0 Å². The van der Waals surface area contributed by atoms with E-state index < -0.39 is 0 Å². The molecular weight excluding hydrogens is 320 g/mol. The monoisotopic (exact) mass is 344 g/mol. The number of rotatable bonds is 4. The van der Waals surface area contributed by atoms with Gasteiger partial charge in [-0.05, 0) is 83.5 Å². The Morgan fingerprint density at radius 3 is 2.62 bits per heavy atom. The lowest BCUT2D eigenvalue weighted by molar-refractivity contribution is 0.415. The van der Waals surface area contributed by atoms with Crippen molar-refractivity contribution in [1.29, 1.82) is 0 Å². The van der Waals surface area contributed by atoms with E-state index in [1.807, 2.05) is 13.0 Å². The summed E-state index contributed by atoms with van der Waals surface area (Å²) in [7, 11) is 1.72. The Bertz CT molecular complexity index is 986. The van der Waals surface area contributed by atoms with E-state index in [1.165, 1.54) is 39.0 Å². The number of benzene rings is 2. The van der Waals surface area contributed by atoms with E-state index in [0.29, 0.717) is 0 Å². The first kappa shape index (κ1) is 16.7. The van der Waals surface area contributed by atoms with Gasteiger partial charge in [-0.1, -0.05) is 31.2 Å². The van der Waals surface area contributed by atoms with Crippen LogP contribution in [0.15, 0.2) is 46.9 Å². The van der Waals surface area contributed by atoms with Crippen molar-refractivity contribution in [2.45, 2.75) is 33.6 Å². The van der Waals surface area contributed by atoms with Crippen molar-refractivity contribution in [2.24, 2.45) is 0 Å². The van der Waals surface area contributed by atoms with Gasteiger partial charge in [0.05, 0.1) is 7.11 Å². The molecule has 3 aromatic rings. The average Bonchev–Trinajstić information content (AvgIpc) is 3.24. The summed E-state index contributed by atoms with van der Waals surface area (Å²) in [5.41, 5.74) is 9.04. The summed E-state index contributed by atoms with van der Waals surface area (Å²) in [6.45, 7) is 6.34. The highest BCUT2D eigenvalue weighted by molar-refractivity contribution is 5.94. The minimum atomic E-state index is 0.890. The molecule has 0 unspecified atom stereocenters. The summed E-state index contributed by atoms with van der Waals surface area (Å²) in [6, 6.07) is 15.0. The van der Waals surface area contributed by atoms with Gasteiger partial charge in [0.2, 0.25) is 0 Å². The zero-order valence-corrected chi connectivity index (χ0v) is 15.8. The average molecular weight is 344 g/mol. The number of hydrogen-bond donors (Lipinski definition) is 0. The second kappa shape index (κ2) is 6.53. The third-order valence-electron chi connectivity index (χ3n) is 5.34. The van der Waals surface area contributed by atoms with Crippen molar-refractivity contribution in [3.63, 3.8) is 0 Å². The van der Waals surface area contributed by atoms with Crippen LogP contribution in [0.4, 0.5) is 0 Å². The third kappa shape index (κ3) is 2.76. The van der Waals surface area contributed by atoms with Crippen molar-refractivity contribution in [2.75, 3.05) is 7.11 Å². The molecule has 0 saturated heterocycles. The molecule has 0 radical (unpaired) electrons. The van der Waals surface area contributed by atoms with Gasteiger partial charge in [0.1, 0.15) is 17.3 Å². The molecule has 0 fully saturated rings. The predicted molar refractivity (Wildman–Crippen MR) is 108 cm³/mol. The Morgan fingerprint density at radius 1 is 1.08 bits per heavy atom. The fourth-order valence-electron chi connectivity index (χ4n) is 3.76. The van der Waals surface area contributed by atoms with E-state index in [4.69, 9.17) is 9.15 Å². The van der Waals surface area contributed by atoms with E-state index in [9.17, 15) is 0 Å². The van der Waals surface area contributed by atoms with Crippen LogP contribution < -0.4 is 4.74 Å². The van der Waals surface area contributed by atoms with E-state index in [0.717, 1.165) is 30.1 Å². The van der Waals surface area contributed by atoms with Crippen LogP contribution in [0.3, 0.4) is 0 Å². The third-order valence-corrected chi connectivity index (χ3v) is 5.34. The van der Waals surface area contributed by atoms with E-state index >= 15 is 0 Å². The highest BCUT2D eigenvalue weighted by Crippen LogP contribution is 2.41. The van der Waals surface area contributed by atoms with Crippen molar-refractivity contribution in [3.8, 4) is 16.9 Å². The number of aryl methyl sites for hydroxylation is 3. The maximum atomic E-state index is 5.98. The Hall–Kier alpha value is -2.74. The van der Waals surface area contributed by atoms with Crippen molar-refractivity contribution in [1.82, 2.24) is 0 Å². The lowest BCUT2D eigenvalue weighted by Gasteiger charge is -2.14. The van der Waals surface area contributed by atoms with Gasteiger partial charge >= 0.3 is 0 Å². The molecule has 0 aliphatic heterocycles. The topological polar surface area (TPSA) is 22.4 Å². The van der Waals surface area contributed by atoms with Crippen LogP contribution in [0.5, 0.6) is 5.75 Å². The number of fused-ring (bicyclic) bond motifs is 1. The van der Waals surface area contributed by atoms with Crippen LogP contribution in [0.25, 0.3) is 22.8 Å². The normalized spacial score (nSPS) is 12.8. The van der Waals surface area contributed by atoms with Gasteiger partial charge in [-0.2, -0.15) is 0 Å². The summed E-state index contributed by atoms with van der Waals surface area (Å²) in [6.07, 6.45) is 4.23. The zero-order chi connectivity index (χ0) is 18.3. The number of furan rings is 1. The van der Waals surface area contributed by atoms with Crippen LogP contribution in [-0.4, -0.2) is 7.11 Å². The van der Waals surface area contributed by atoms with Crippen LogP contribution in [0.2, 0.25) is 0 Å². The summed E-state index contributed by atoms with van der Waals surface area (Å²) in [4.78, 5) is 0. The molecule has 1 aliphatic rings. The van der Waals surface area contributed by atoms with E-state index in [2.05, 4.69) is 56.3 Å². The molecule has 0 N–H and O–H groups in total. The Balaban J connectivity index is 1.87. The molecule has 4 rings (SSSR count). The second-order valence-corrected chi connectivity index (χ2v) is 6.95. The van der Waals surface area contributed by atoms with Gasteiger partial charge in [0.15, 0.2) is 0 Å². The lowest BCUT2D eigenvalue weighted by atomic mass is 9.91. The summed E-state index contributed by atoms with van der Waals surface area (Å²) < 4.78 is 11.4. The Labute approximate surface area is 155 Å². The molecule has 1 aromatic heterocycles. The quantitative estimate of drug-likeness (QED) is 0.559. The highest BCUT2D eigenvalue weighted by atomic mass is 16.5. The van der Waals surface area contributed by atoms with Gasteiger partial charge in [-0.25, -0.2) is 0 Å². The SMILES string of the molecule is CCc1ccc2c(c1-c1cccc(OC)c1)C=C(c1cc(C)c(C)o1)C2. The first-order valence-corrected chi connectivity index (χ1v) is 9.18. The number of hydrogen-bond acceptors (Lipinski definition) is 2. The molecule has 132 valence electrons. The maximum absolute atomic E-state index is 5.98. The second-order valence-electron chi connectivity index (χ2n) is 6.95. The van der Waals surface area contributed by atoms with Crippen molar-refractivity contribution in [3.05, 3.63) is 76.2 Å². The standard InChI is InChI=1S/C24H24O2/c1-5-17-9-10-18-12-20(23-11-15(2)16(3)26-23)14-22(18)24(17)19-7-6-8-21(13-19)25-4/h6-11,13-14H,5,12H2,1-4H3. The largest absolute Gasteiger partial charge is 0.497 e.